The van der Waals surface area contributed by atoms with Gasteiger partial charge in [0.25, 0.3) is 5.91 Å². The number of hydrogen-bond acceptors (Lipinski definition) is 2. The molecule has 3 nitrogen and oxygen atoms in total. The summed E-state index contributed by atoms with van der Waals surface area (Å²) in [7, 11) is 0. The Kier molecular flexibility index (Phi) is 6.09. The molecule has 0 aliphatic heterocycles. The van der Waals surface area contributed by atoms with Crippen LogP contribution in [-0.2, 0) is 4.79 Å². The second-order valence-corrected chi connectivity index (χ2v) is 6.13. The largest absolute Gasteiger partial charge is 0.481 e. The molecule has 116 valence electrons. The summed E-state index contributed by atoms with van der Waals surface area (Å²) >= 11 is 0. The van der Waals surface area contributed by atoms with Gasteiger partial charge in [-0.15, -0.1) is 0 Å². The summed E-state index contributed by atoms with van der Waals surface area (Å²) in [5, 5.41) is 3.16. The lowest BCUT2D eigenvalue weighted by Crippen LogP contribution is -2.42. The summed E-state index contributed by atoms with van der Waals surface area (Å²) in [6, 6.07) is 8.14. The molecular weight excluding hydrogens is 262 g/mol. The van der Waals surface area contributed by atoms with Crippen molar-refractivity contribution >= 4 is 5.91 Å². The summed E-state index contributed by atoms with van der Waals surface area (Å²) < 4.78 is 5.74. The molecule has 1 fully saturated rings. The molecule has 0 heterocycles. The lowest BCUT2D eigenvalue weighted by molar-refractivity contribution is -0.128. The Morgan fingerprint density at radius 2 is 1.86 bits per heavy atom. The fourth-order valence-electron chi connectivity index (χ4n) is 2.87. The average Bonchev–Trinajstić information content (AvgIpc) is 2.41. The molecule has 0 spiro atoms. The molecule has 1 saturated carbocycles. The van der Waals surface area contributed by atoms with Gasteiger partial charge in [0, 0.05) is 6.04 Å². The van der Waals surface area contributed by atoms with E-state index in [2.05, 4.69) is 5.32 Å². The van der Waals surface area contributed by atoms with E-state index in [-0.39, 0.29) is 5.91 Å². The first kappa shape index (κ1) is 15.9. The highest BCUT2D eigenvalue weighted by molar-refractivity contribution is 5.81. The second-order valence-electron chi connectivity index (χ2n) is 6.13. The predicted octanol–water partition coefficient (Wildman–Crippen LogP) is 3.99. The number of nitrogens with one attached hydrogen (secondary N) is 1. The van der Waals surface area contributed by atoms with Crippen LogP contribution in [0.2, 0.25) is 0 Å². The molecule has 0 saturated heterocycles. The first-order valence-corrected chi connectivity index (χ1v) is 8.19. The van der Waals surface area contributed by atoms with Crippen molar-refractivity contribution in [1.82, 2.24) is 5.32 Å². The van der Waals surface area contributed by atoms with Gasteiger partial charge >= 0.3 is 0 Å². The summed E-state index contributed by atoms with van der Waals surface area (Å²) in [5.74, 6) is 0.761. The van der Waals surface area contributed by atoms with Crippen molar-refractivity contribution in [3.05, 3.63) is 29.8 Å². The van der Waals surface area contributed by atoms with E-state index in [1.807, 2.05) is 38.1 Å². The van der Waals surface area contributed by atoms with E-state index in [1.54, 1.807) is 0 Å². The fourth-order valence-corrected chi connectivity index (χ4v) is 2.87. The minimum absolute atomic E-state index is 0.00193. The minimum atomic E-state index is -0.447. The molecular formula is C18H27NO2. The normalized spacial score (nSPS) is 18.4. The molecule has 1 aromatic rings. The van der Waals surface area contributed by atoms with Gasteiger partial charge in [-0.3, -0.25) is 4.79 Å². The molecule has 1 aliphatic rings. The number of carbonyl (C=O) groups excluding carboxylic acids is 1. The van der Waals surface area contributed by atoms with Crippen LogP contribution in [0.25, 0.3) is 0 Å². The molecule has 1 atom stereocenters. The minimum Gasteiger partial charge on any atom is -0.481 e. The number of carbonyl (C=O) groups is 1. The topological polar surface area (TPSA) is 38.3 Å². The van der Waals surface area contributed by atoms with Crippen molar-refractivity contribution in [1.29, 1.82) is 0 Å². The molecule has 1 aromatic carbocycles. The van der Waals surface area contributed by atoms with Crippen LogP contribution in [0.15, 0.2) is 24.3 Å². The molecule has 0 bridgehead atoms. The van der Waals surface area contributed by atoms with E-state index in [0.717, 1.165) is 24.2 Å². The smallest absolute Gasteiger partial charge is 0.260 e. The Morgan fingerprint density at radius 1 is 1.19 bits per heavy atom. The van der Waals surface area contributed by atoms with Crippen LogP contribution in [0.1, 0.15) is 57.4 Å². The molecule has 0 radical (unpaired) electrons. The third-order valence-electron chi connectivity index (χ3n) is 4.12. The molecule has 21 heavy (non-hydrogen) atoms. The van der Waals surface area contributed by atoms with E-state index in [1.165, 1.54) is 32.1 Å². The quantitative estimate of drug-likeness (QED) is 0.910. The number of rotatable bonds is 4. The number of amides is 1. The van der Waals surface area contributed by atoms with E-state index < -0.39 is 6.10 Å². The molecule has 1 unspecified atom stereocenters. The van der Waals surface area contributed by atoms with Crippen LogP contribution < -0.4 is 10.1 Å². The van der Waals surface area contributed by atoms with Crippen LogP contribution in [0.4, 0.5) is 0 Å². The van der Waals surface area contributed by atoms with E-state index in [0.29, 0.717) is 6.04 Å². The van der Waals surface area contributed by atoms with E-state index in [9.17, 15) is 4.79 Å². The van der Waals surface area contributed by atoms with Gasteiger partial charge in [0.05, 0.1) is 0 Å². The third-order valence-corrected chi connectivity index (χ3v) is 4.12. The van der Waals surface area contributed by atoms with Crippen molar-refractivity contribution in [2.45, 2.75) is 70.9 Å². The Bertz CT molecular complexity index is 450. The average molecular weight is 289 g/mol. The van der Waals surface area contributed by atoms with Crippen molar-refractivity contribution < 1.29 is 9.53 Å². The number of ether oxygens (including phenoxy) is 1. The maximum atomic E-state index is 12.3. The zero-order valence-corrected chi connectivity index (χ0v) is 13.2. The third kappa shape index (κ3) is 5.41. The number of hydrogen-bond donors (Lipinski definition) is 1. The van der Waals surface area contributed by atoms with E-state index in [4.69, 9.17) is 4.74 Å². The first-order chi connectivity index (χ1) is 10.1. The van der Waals surface area contributed by atoms with Gasteiger partial charge in [-0.25, -0.2) is 0 Å². The van der Waals surface area contributed by atoms with Gasteiger partial charge in [-0.05, 0) is 44.4 Å². The molecule has 1 N–H and O–H groups in total. The Balaban J connectivity index is 1.83. The lowest BCUT2D eigenvalue weighted by atomic mass is 9.96. The number of benzene rings is 1. The van der Waals surface area contributed by atoms with Gasteiger partial charge in [0.2, 0.25) is 0 Å². The standard InChI is InChI=1S/C18H27NO2/c1-14-9-8-12-17(13-14)21-15(2)18(20)19-16-10-6-4-3-5-7-11-16/h8-9,12-13,15-16H,3-7,10-11H2,1-2H3,(H,19,20). The van der Waals surface area contributed by atoms with Gasteiger partial charge in [-0.1, -0.05) is 44.2 Å². The maximum absolute atomic E-state index is 12.3. The molecule has 2 rings (SSSR count). The molecule has 0 aromatic heterocycles. The van der Waals surface area contributed by atoms with Crippen molar-refractivity contribution in [3.8, 4) is 5.75 Å². The maximum Gasteiger partial charge on any atom is 0.260 e. The lowest BCUT2D eigenvalue weighted by Gasteiger charge is -2.23. The van der Waals surface area contributed by atoms with Crippen molar-refractivity contribution in [2.75, 3.05) is 0 Å². The van der Waals surface area contributed by atoms with Gasteiger partial charge < -0.3 is 10.1 Å². The van der Waals surface area contributed by atoms with Crippen molar-refractivity contribution in [3.63, 3.8) is 0 Å². The van der Waals surface area contributed by atoms with Crippen LogP contribution in [0, 0.1) is 6.92 Å². The Hall–Kier alpha value is -1.51. The summed E-state index contributed by atoms with van der Waals surface area (Å²) in [6.07, 6.45) is 8.12. The molecule has 3 heteroatoms. The van der Waals surface area contributed by atoms with Crippen LogP contribution >= 0.6 is 0 Å². The zero-order chi connectivity index (χ0) is 15.1. The number of aryl methyl sites for hydroxylation is 1. The van der Waals surface area contributed by atoms with Crippen molar-refractivity contribution in [2.24, 2.45) is 0 Å². The van der Waals surface area contributed by atoms with Crippen LogP contribution in [0.3, 0.4) is 0 Å². The highest BCUT2D eigenvalue weighted by Gasteiger charge is 2.19. The zero-order valence-electron chi connectivity index (χ0n) is 13.2. The monoisotopic (exact) mass is 289 g/mol. The molecule has 1 amide bonds. The van der Waals surface area contributed by atoms with Gasteiger partial charge in [0.1, 0.15) is 5.75 Å². The fraction of sp³-hybridized carbons (Fsp3) is 0.611. The highest BCUT2D eigenvalue weighted by atomic mass is 16.5. The second kappa shape index (κ2) is 8.06. The Labute approximate surface area is 128 Å². The molecule has 1 aliphatic carbocycles. The highest BCUT2D eigenvalue weighted by Crippen LogP contribution is 2.18. The SMILES string of the molecule is Cc1cccc(OC(C)C(=O)NC2CCCCCCC2)c1. The summed E-state index contributed by atoms with van der Waals surface area (Å²) in [5.41, 5.74) is 1.14. The van der Waals surface area contributed by atoms with Gasteiger partial charge in [0.15, 0.2) is 6.10 Å². The van der Waals surface area contributed by atoms with Gasteiger partial charge in [-0.2, -0.15) is 0 Å². The van der Waals surface area contributed by atoms with Crippen LogP contribution in [0.5, 0.6) is 5.75 Å². The Morgan fingerprint density at radius 3 is 2.52 bits per heavy atom. The summed E-state index contributed by atoms with van der Waals surface area (Å²) in [4.78, 5) is 12.3. The first-order valence-electron chi connectivity index (χ1n) is 8.19. The van der Waals surface area contributed by atoms with E-state index >= 15 is 0 Å². The summed E-state index contributed by atoms with van der Waals surface area (Å²) in [6.45, 7) is 3.84. The predicted molar refractivity (Wildman–Crippen MR) is 85.5 cm³/mol. The van der Waals surface area contributed by atoms with Crippen LogP contribution in [-0.4, -0.2) is 18.1 Å².